The molecule has 1 atom stereocenters. The first-order valence-electron chi connectivity index (χ1n) is 6.31. The van der Waals surface area contributed by atoms with Crippen molar-refractivity contribution < 1.29 is 14.3 Å². The van der Waals surface area contributed by atoms with Crippen LogP contribution in [0.3, 0.4) is 0 Å². The Morgan fingerprint density at radius 2 is 1.75 bits per heavy atom. The Morgan fingerprint density at radius 1 is 1.15 bits per heavy atom. The molecule has 0 radical (unpaired) electrons. The molecule has 0 saturated heterocycles. The van der Waals surface area contributed by atoms with Crippen LogP contribution >= 0.6 is 0 Å². The van der Waals surface area contributed by atoms with Crippen LogP contribution in [0, 0.1) is 5.82 Å². The van der Waals surface area contributed by atoms with Crippen molar-refractivity contribution in [3.8, 4) is 0 Å². The van der Waals surface area contributed by atoms with E-state index in [9.17, 15) is 14.3 Å². The van der Waals surface area contributed by atoms with Gasteiger partial charge in [0.05, 0.1) is 0 Å². The number of carboxylic acids is 1. The molecular weight excluding hydrogens is 257 g/mol. The zero-order chi connectivity index (χ0) is 14.5. The van der Waals surface area contributed by atoms with Crippen molar-refractivity contribution in [3.63, 3.8) is 0 Å². The van der Waals surface area contributed by atoms with Crippen LogP contribution in [0.25, 0.3) is 0 Å². The third-order valence-corrected chi connectivity index (χ3v) is 3.15. The zero-order valence-corrected chi connectivity index (χ0v) is 11.2. The van der Waals surface area contributed by atoms with Gasteiger partial charge in [-0.15, -0.1) is 0 Å². The number of benzene rings is 2. The zero-order valence-electron chi connectivity index (χ0n) is 11.2. The molecule has 2 aromatic rings. The summed E-state index contributed by atoms with van der Waals surface area (Å²) in [6.07, 6.45) is 0. The molecule has 0 aromatic heterocycles. The molecule has 0 aliphatic heterocycles. The maximum Gasteiger partial charge on any atom is 0.325 e. The van der Waals surface area contributed by atoms with Crippen LogP contribution in [-0.2, 0) is 11.3 Å². The molecule has 0 heterocycles. The highest BCUT2D eigenvalue weighted by Crippen LogP contribution is 2.24. The van der Waals surface area contributed by atoms with E-state index in [2.05, 4.69) is 0 Å². The van der Waals surface area contributed by atoms with Gasteiger partial charge in [0.25, 0.3) is 0 Å². The number of halogens is 1. The summed E-state index contributed by atoms with van der Waals surface area (Å²) < 4.78 is 13.8. The number of likely N-dealkylation sites (N-methyl/N-ethyl adjacent to an activating group) is 1. The summed E-state index contributed by atoms with van der Waals surface area (Å²) in [5.41, 5.74) is 1.16. The molecule has 0 aliphatic rings. The van der Waals surface area contributed by atoms with E-state index in [0.717, 1.165) is 5.56 Å². The van der Waals surface area contributed by atoms with E-state index in [1.54, 1.807) is 24.1 Å². The molecule has 2 aromatic carbocycles. The first-order chi connectivity index (χ1) is 9.59. The quantitative estimate of drug-likeness (QED) is 0.910. The van der Waals surface area contributed by atoms with E-state index in [4.69, 9.17) is 0 Å². The molecule has 104 valence electrons. The second-order valence-corrected chi connectivity index (χ2v) is 4.66. The average molecular weight is 273 g/mol. The minimum atomic E-state index is -1.06. The molecule has 2 rings (SSSR count). The molecule has 0 fully saturated rings. The summed E-state index contributed by atoms with van der Waals surface area (Å²) in [4.78, 5) is 13.1. The van der Waals surface area contributed by atoms with Gasteiger partial charge in [0.1, 0.15) is 11.9 Å². The number of carbonyl (C=O) groups is 1. The molecular formula is C16H16FNO2. The van der Waals surface area contributed by atoms with Crippen molar-refractivity contribution in [2.45, 2.75) is 12.6 Å². The van der Waals surface area contributed by atoms with E-state index in [1.807, 2.05) is 30.3 Å². The van der Waals surface area contributed by atoms with Crippen molar-refractivity contribution in [1.82, 2.24) is 4.90 Å². The lowest BCUT2D eigenvalue weighted by Crippen LogP contribution is -2.31. The van der Waals surface area contributed by atoms with Gasteiger partial charge in [0.2, 0.25) is 0 Å². The van der Waals surface area contributed by atoms with E-state index in [-0.39, 0.29) is 5.56 Å². The van der Waals surface area contributed by atoms with E-state index < -0.39 is 17.8 Å². The number of aliphatic carboxylic acids is 1. The van der Waals surface area contributed by atoms with Gasteiger partial charge in [-0.25, -0.2) is 4.39 Å². The Bertz CT molecular complexity index is 586. The van der Waals surface area contributed by atoms with Crippen LogP contribution in [0.4, 0.5) is 4.39 Å². The molecule has 3 nitrogen and oxygen atoms in total. The summed E-state index contributed by atoms with van der Waals surface area (Å²) in [7, 11) is 1.68. The smallest absolute Gasteiger partial charge is 0.325 e. The summed E-state index contributed by atoms with van der Waals surface area (Å²) in [5.74, 6) is -1.56. The maximum atomic E-state index is 13.8. The van der Waals surface area contributed by atoms with E-state index >= 15 is 0 Å². The minimum Gasteiger partial charge on any atom is -0.480 e. The Morgan fingerprint density at radius 3 is 2.35 bits per heavy atom. The van der Waals surface area contributed by atoms with Gasteiger partial charge in [0.15, 0.2) is 0 Å². The standard InChI is InChI=1S/C16H16FNO2/c1-18(11-12-7-3-2-4-8-12)15(16(19)20)13-9-5-6-10-14(13)17/h2-10,15H,11H2,1H3,(H,19,20). The summed E-state index contributed by atoms with van der Waals surface area (Å²) in [6, 6.07) is 14.5. The highest BCUT2D eigenvalue weighted by atomic mass is 19.1. The normalized spacial score (nSPS) is 12.3. The predicted molar refractivity (Wildman–Crippen MR) is 74.7 cm³/mol. The van der Waals surface area contributed by atoms with Gasteiger partial charge < -0.3 is 5.11 Å². The lowest BCUT2D eigenvalue weighted by molar-refractivity contribution is -0.143. The van der Waals surface area contributed by atoms with Gasteiger partial charge in [-0.1, -0.05) is 48.5 Å². The molecule has 4 heteroatoms. The fraction of sp³-hybridized carbons (Fsp3) is 0.188. The second-order valence-electron chi connectivity index (χ2n) is 4.66. The Balaban J connectivity index is 2.25. The lowest BCUT2D eigenvalue weighted by Gasteiger charge is -2.25. The fourth-order valence-corrected chi connectivity index (χ4v) is 2.22. The Hall–Kier alpha value is -2.20. The van der Waals surface area contributed by atoms with Crippen molar-refractivity contribution in [2.75, 3.05) is 7.05 Å². The number of hydrogen-bond acceptors (Lipinski definition) is 2. The van der Waals surface area contributed by atoms with Gasteiger partial charge in [-0.2, -0.15) is 0 Å². The number of rotatable bonds is 5. The molecule has 0 saturated carbocycles. The van der Waals surface area contributed by atoms with Gasteiger partial charge in [-0.05, 0) is 18.7 Å². The van der Waals surface area contributed by atoms with Crippen LogP contribution in [0.5, 0.6) is 0 Å². The lowest BCUT2D eigenvalue weighted by atomic mass is 10.0. The summed E-state index contributed by atoms with van der Waals surface area (Å²) in [5, 5.41) is 9.39. The van der Waals surface area contributed by atoms with Crippen LogP contribution in [0.15, 0.2) is 54.6 Å². The third kappa shape index (κ3) is 3.22. The number of nitrogens with zero attached hydrogens (tertiary/aromatic N) is 1. The van der Waals surface area contributed by atoms with Crippen LogP contribution in [0.2, 0.25) is 0 Å². The van der Waals surface area contributed by atoms with Gasteiger partial charge >= 0.3 is 5.97 Å². The topological polar surface area (TPSA) is 40.5 Å². The monoisotopic (exact) mass is 273 g/mol. The molecule has 0 bridgehead atoms. The van der Waals surface area contributed by atoms with Gasteiger partial charge in [-0.3, -0.25) is 9.69 Å². The third-order valence-electron chi connectivity index (χ3n) is 3.15. The van der Waals surface area contributed by atoms with Crippen molar-refractivity contribution >= 4 is 5.97 Å². The predicted octanol–water partition coefficient (Wildman–Crippen LogP) is 3.08. The van der Waals surface area contributed by atoms with Crippen LogP contribution in [0.1, 0.15) is 17.2 Å². The molecule has 20 heavy (non-hydrogen) atoms. The molecule has 0 spiro atoms. The van der Waals surface area contributed by atoms with E-state index in [0.29, 0.717) is 6.54 Å². The molecule has 0 aliphatic carbocycles. The Kier molecular flexibility index (Phi) is 4.48. The largest absolute Gasteiger partial charge is 0.480 e. The highest BCUT2D eigenvalue weighted by molar-refractivity contribution is 5.75. The number of carboxylic acid groups (broad SMARTS) is 1. The maximum absolute atomic E-state index is 13.8. The number of hydrogen-bond donors (Lipinski definition) is 1. The van der Waals surface area contributed by atoms with Crippen molar-refractivity contribution in [2.24, 2.45) is 0 Å². The fourth-order valence-electron chi connectivity index (χ4n) is 2.22. The van der Waals surface area contributed by atoms with Crippen LogP contribution < -0.4 is 0 Å². The minimum absolute atomic E-state index is 0.179. The molecule has 1 unspecified atom stereocenters. The summed E-state index contributed by atoms with van der Waals surface area (Å²) in [6.45, 7) is 0.437. The SMILES string of the molecule is CN(Cc1ccccc1)C(C(=O)O)c1ccccc1F. The van der Waals surface area contributed by atoms with E-state index in [1.165, 1.54) is 12.1 Å². The first-order valence-corrected chi connectivity index (χ1v) is 6.31. The van der Waals surface area contributed by atoms with Gasteiger partial charge in [0, 0.05) is 12.1 Å². The summed E-state index contributed by atoms with van der Waals surface area (Å²) >= 11 is 0. The average Bonchev–Trinajstić information content (AvgIpc) is 2.42. The van der Waals surface area contributed by atoms with Crippen LogP contribution in [-0.4, -0.2) is 23.0 Å². The van der Waals surface area contributed by atoms with Crippen molar-refractivity contribution in [3.05, 3.63) is 71.5 Å². The molecule has 0 amide bonds. The highest BCUT2D eigenvalue weighted by Gasteiger charge is 2.27. The van der Waals surface area contributed by atoms with Crippen molar-refractivity contribution in [1.29, 1.82) is 0 Å². The second kappa shape index (κ2) is 6.30. The molecule has 1 N–H and O–H groups in total. The first kappa shape index (κ1) is 14.2. The Labute approximate surface area is 117 Å².